The molecule has 0 saturated carbocycles. The van der Waals surface area contributed by atoms with Gasteiger partial charge in [0.2, 0.25) is 0 Å². The van der Waals surface area contributed by atoms with Gasteiger partial charge in [-0.3, -0.25) is 4.79 Å². The number of halogens is 1. The van der Waals surface area contributed by atoms with Crippen LogP contribution in [0, 0.1) is 12.7 Å². The Morgan fingerprint density at radius 1 is 1.39 bits per heavy atom. The molecule has 18 heavy (non-hydrogen) atoms. The molecule has 2 rings (SSSR count). The van der Waals surface area contributed by atoms with Gasteiger partial charge in [-0.15, -0.1) is 0 Å². The van der Waals surface area contributed by atoms with Crippen LogP contribution in [-0.2, 0) is 6.54 Å². The fourth-order valence-electron chi connectivity index (χ4n) is 1.59. The Hall–Kier alpha value is -1.88. The smallest absolute Gasteiger partial charge is 0.251 e. The van der Waals surface area contributed by atoms with Gasteiger partial charge >= 0.3 is 0 Å². The lowest BCUT2D eigenvalue weighted by Crippen LogP contribution is -2.23. The highest BCUT2D eigenvalue weighted by molar-refractivity contribution is 7.08. The van der Waals surface area contributed by atoms with E-state index in [9.17, 15) is 9.18 Å². The van der Waals surface area contributed by atoms with E-state index in [0.717, 1.165) is 11.1 Å². The first-order valence-electron chi connectivity index (χ1n) is 5.42. The van der Waals surface area contributed by atoms with Gasteiger partial charge in [0, 0.05) is 17.8 Å². The van der Waals surface area contributed by atoms with Crippen LogP contribution in [0.3, 0.4) is 0 Å². The molecule has 0 saturated heterocycles. The summed E-state index contributed by atoms with van der Waals surface area (Å²) in [6.45, 7) is 2.42. The van der Waals surface area contributed by atoms with Crippen LogP contribution in [0.2, 0.25) is 0 Å². The molecule has 0 aliphatic rings. The summed E-state index contributed by atoms with van der Waals surface area (Å²) in [5, 5.41) is 6.74. The minimum atomic E-state index is -0.508. The van der Waals surface area contributed by atoms with Gasteiger partial charge in [-0.1, -0.05) is 0 Å². The number of rotatable bonds is 3. The molecule has 94 valence electrons. The second-order valence-electron chi connectivity index (χ2n) is 4.04. The minimum absolute atomic E-state index is 0.236. The lowest BCUT2D eigenvalue weighted by Gasteiger charge is -2.06. The largest absolute Gasteiger partial charge is 0.399 e. The number of anilines is 1. The molecule has 0 aliphatic carbocycles. The van der Waals surface area contributed by atoms with Crippen LogP contribution in [0.4, 0.5) is 10.1 Å². The molecule has 0 bridgehead atoms. The number of nitrogens with two attached hydrogens (primary N) is 1. The Kier molecular flexibility index (Phi) is 3.62. The minimum Gasteiger partial charge on any atom is -0.399 e. The summed E-state index contributed by atoms with van der Waals surface area (Å²) < 4.78 is 13.1. The van der Waals surface area contributed by atoms with Crippen LogP contribution in [0.15, 0.2) is 29.0 Å². The van der Waals surface area contributed by atoms with Crippen molar-refractivity contribution in [2.45, 2.75) is 13.5 Å². The zero-order chi connectivity index (χ0) is 13.1. The Labute approximate surface area is 108 Å². The molecule has 0 aliphatic heterocycles. The van der Waals surface area contributed by atoms with Crippen molar-refractivity contribution in [3.8, 4) is 0 Å². The Bertz CT molecular complexity index is 560. The molecular formula is C13H13FN2OS. The molecule has 1 amide bonds. The summed E-state index contributed by atoms with van der Waals surface area (Å²) in [5.74, 6) is -0.835. The van der Waals surface area contributed by atoms with Crippen molar-refractivity contribution in [2.24, 2.45) is 0 Å². The third-order valence-electron chi connectivity index (χ3n) is 2.58. The number of nitrogen functional groups attached to an aromatic ring is 1. The molecule has 3 nitrogen and oxygen atoms in total. The molecule has 5 heteroatoms. The van der Waals surface area contributed by atoms with E-state index < -0.39 is 5.82 Å². The summed E-state index contributed by atoms with van der Waals surface area (Å²) in [4.78, 5) is 11.8. The molecule has 0 unspecified atom stereocenters. The van der Waals surface area contributed by atoms with Crippen molar-refractivity contribution in [1.29, 1.82) is 0 Å². The summed E-state index contributed by atoms with van der Waals surface area (Å²) in [6.07, 6.45) is 0. The normalized spacial score (nSPS) is 10.3. The third kappa shape index (κ3) is 2.87. The lowest BCUT2D eigenvalue weighted by molar-refractivity contribution is 0.0950. The molecule has 0 atom stereocenters. The first kappa shape index (κ1) is 12.6. The molecule has 0 fully saturated rings. The fourth-order valence-corrected chi connectivity index (χ4v) is 2.45. The summed E-state index contributed by atoms with van der Waals surface area (Å²) >= 11 is 1.59. The zero-order valence-corrected chi connectivity index (χ0v) is 10.7. The first-order chi connectivity index (χ1) is 8.56. The van der Waals surface area contributed by atoms with Crippen LogP contribution >= 0.6 is 11.3 Å². The number of carbonyl (C=O) groups excluding carboxylic acids is 1. The fraction of sp³-hybridized carbons (Fsp3) is 0.154. The highest BCUT2D eigenvalue weighted by Gasteiger charge is 2.08. The first-order valence-corrected chi connectivity index (χ1v) is 6.36. The maximum Gasteiger partial charge on any atom is 0.251 e. The number of hydrogen-bond acceptors (Lipinski definition) is 3. The molecular weight excluding hydrogens is 251 g/mol. The Morgan fingerprint density at radius 3 is 2.78 bits per heavy atom. The maximum atomic E-state index is 13.1. The highest BCUT2D eigenvalue weighted by Crippen LogP contribution is 2.14. The number of benzene rings is 1. The van der Waals surface area contributed by atoms with Gasteiger partial charge < -0.3 is 11.1 Å². The molecule has 0 radical (unpaired) electrons. The van der Waals surface area contributed by atoms with Gasteiger partial charge in [0.15, 0.2) is 0 Å². The van der Waals surface area contributed by atoms with E-state index in [-0.39, 0.29) is 17.2 Å². The predicted octanol–water partition coefficient (Wildman–Crippen LogP) is 2.71. The zero-order valence-electron chi connectivity index (χ0n) is 9.87. The number of hydrogen-bond donors (Lipinski definition) is 2. The lowest BCUT2D eigenvalue weighted by atomic mass is 10.1. The van der Waals surface area contributed by atoms with Gasteiger partial charge in [-0.05, 0) is 47.0 Å². The maximum absolute atomic E-state index is 13.1. The second-order valence-corrected chi connectivity index (χ2v) is 4.78. The second kappa shape index (κ2) is 5.18. The Balaban J connectivity index is 2.06. The van der Waals surface area contributed by atoms with Crippen molar-refractivity contribution < 1.29 is 9.18 Å². The summed E-state index contributed by atoms with van der Waals surface area (Å²) in [7, 11) is 0. The van der Waals surface area contributed by atoms with Crippen molar-refractivity contribution in [3.63, 3.8) is 0 Å². The molecule has 0 spiro atoms. The molecule has 2 aromatic rings. The predicted molar refractivity (Wildman–Crippen MR) is 71.0 cm³/mol. The van der Waals surface area contributed by atoms with E-state index in [1.54, 1.807) is 11.3 Å². The molecule has 1 heterocycles. The standard InChI is InChI=1S/C13H13FN2OS/c1-8-6-18-7-10(8)5-16-13(17)9-2-11(14)4-12(15)3-9/h2-4,6-7H,5,15H2,1H3,(H,16,17). The average molecular weight is 264 g/mol. The number of amides is 1. The summed E-state index contributed by atoms with van der Waals surface area (Å²) in [5.41, 5.74) is 8.18. The van der Waals surface area contributed by atoms with Crippen molar-refractivity contribution >= 4 is 22.9 Å². The molecule has 1 aromatic heterocycles. The van der Waals surface area contributed by atoms with Crippen molar-refractivity contribution in [2.75, 3.05) is 5.73 Å². The number of aryl methyl sites for hydroxylation is 1. The highest BCUT2D eigenvalue weighted by atomic mass is 32.1. The van der Waals surface area contributed by atoms with Gasteiger partial charge in [0.1, 0.15) is 5.82 Å². The van der Waals surface area contributed by atoms with Gasteiger partial charge in [-0.2, -0.15) is 11.3 Å². The number of carbonyl (C=O) groups is 1. The third-order valence-corrected chi connectivity index (χ3v) is 3.49. The van der Waals surface area contributed by atoms with E-state index in [1.807, 2.05) is 17.7 Å². The summed E-state index contributed by atoms with van der Waals surface area (Å²) in [6, 6.07) is 3.81. The van der Waals surface area contributed by atoms with Gasteiger partial charge in [-0.25, -0.2) is 4.39 Å². The van der Waals surface area contributed by atoms with E-state index in [2.05, 4.69) is 5.32 Å². The van der Waals surface area contributed by atoms with Crippen LogP contribution in [0.25, 0.3) is 0 Å². The number of thiophene rings is 1. The van der Waals surface area contributed by atoms with Crippen molar-refractivity contribution in [1.82, 2.24) is 5.32 Å². The van der Waals surface area contributed by atoms with Crippen molar-refractivity contribution in [3.05, 3.63) is 51.5 Å². The topological polar surface area (TPSA) is 55.1 Å². The van der Waals surface area contributed by atoms with Gasteiger partial charge in [0.25, 0.3) is 5.91 Å². The van der Waals surface area contributed by atoms with E-state index in [4.69, 9.17) is 5.73 Å². The van der Waals surface area contributed by atoms with Crippen LogP contribution in [0.1, 0.15) is 21.5 Å². The van der Waals surface area contributed by atoms with Crippen LogP contribution in [-0.4, -0.2) is 5.91 Å². The SMILES string of the molecule is Cc1cscc1CNC(=O)c1cc(N)cc(F)c1. The van der Waals surface area contributed by atoms with Crippen LogP contribution in [0.5, 0.6) is 0 Å². The molecule has 1 aromatic carbocycles. The van der Waals surface area contributed by atoms with E-state index in [1.165, 1.54) is 18.2 Å². The van der Waals surface area contributed by atoms with Crippen LogP contribution < -0.4 is 11.1 Å². The Morgan fingerprint density at radius 2 is 2.17 bits per heavy atom. The molecule has 3 N–H and O–H groups in total. The van der Waals surface area contributed by atoms with Gasteiger partial charge in [0.05, 0.1) is 0 Å². The quantitative estimate of drug-likeness (QED) is 0.837. The van der Waals surface area contributed by atoms with E-state index >= 15 is 0 Å². The monoisotopic (exact) mass is 264 g/mol. The average Bonchev–Trinajstić information content (AvgIpc) is 2.70. The number of nitrogens with one attached hydrogen (secondary N) is 1. The van der Waals surface area contributed by atoms with E-state index in [0.29, 0.717) is 6.54 Å².